The van der Waals surface area contributed by atoms with E-state index in [2.05, 4.69) is 4.72 Å². The fourth-order valence-corrected chi connectivity index (χ4v) is 3.75. The van der Waals surface area contributed by atoms with Crippen LogP contribution in [0.4, 0.5) is 4.39 Å². The lowest BCUT2D eigenvalue weighted by molar-refractivity contribution is 0.472. The molecule has 0 saturated carbocycles. The van der Waals surface area contributed by atoms with Gasteiger partial charge in [-0.2, -0.15) is 0 Å². The lowest BCUT2D eigenvalue weighted by Crippen LogP contribution is -2.26. The molecule has 0 bridgehead atoms. The molecule has 1 atom stereocenters. The highest BCUT2D eigenvalue weighted by atomic mass is 32.2. The molecule has 4 nitrogen and oxygen atoms in total. The fraction of sp³-hybridized carbons (Fsp3) is 0.158. The molecule has 130 valence electrons. The van der Waals surface area contributed by atoms with Crippen LogP contribution in [0.2, 0.25) is 0 Å². The van der Waals surface area contributed by atoms with E-state index >= 15 is 0 Å². The second-order valence-corrected chi connectivity index (χ2v) is 7.39. The second kappa shape index (κ2) is 7.63. The summed E-state index contributed by atoms with van der Waals surface area (Å²) in [6.45, 7) is 0.236. The molecule has 3 rings (SSSR count). The van der Waals surface area contributed by atoms with E-state index in [4.69, 9.17) is 4.42 Å². The molecule has 25 heavy (non-hydrogen) atoms. The Bertz CT molecular complexity index is 892. The van der Waals surface area contributed by atoms with E-state index in [9.17, 15) is 12.8 Å². The standard InChI is InChI=1S/C19H18FNO3S/c20-16-10-8-15(9-11-16)18(19-7-4-14-24-19)12-13-21-25(22,23)17-5-2-1-3-6-17/h1-11,14,18,21H,12-13H2/t18-/m1/s1. The van der Waals surface area contributed by atoms with E-state index in [1.54, 1.807) is 54.8 Å². The number of hydrogen-bond donors (Lipinski definition) is 1. The average molecular weight is 359 g/mol. The maximum absolute atomic E-state index is 13.2. The van der Waals surface area contributed by atoms with E-state index < -0.39 is 10.0 Å². The maximum atomic E-state index is 13.2. The van der Waals surface area contributed by atoms with Crippen LogP contribution in [0.25, 0.3) is 0 Å². The zero-order valence-electron chi connectivity index (χ0n) is 13.4. The molecule has 2 aromatic carbocycles. The first-order chi connectivity index (χ1) is 12.1. The van der Waals surface area contributed by atoms with Gasteiger partial charge in [-0.15, -0.1) is 0 Å². The van der Waals surface area contributed by atoms with Crippen molar-refractivity contribution >= 4 is 10.0 Å². The second-order valence-electron chi connectivity index (χ2n) is 5.62. The molecule has 1 N–H and O–H groups in total. The van der Waals surface area contributed by atoms with Crippen LogP contribution in [-0.4, -0.2) is 15.0 Å². The number of nitrogens with one attached hydrogen (secondary N) is 1. The maximum Gasteiger partial charge on any atom is 0.240 e. The summed E-state index contributed by atoms with van der Waals surface area (Å²) in [6.07, 6.45) is 2.06. The van der Waals surface area contributed by atoms with Gasteiger partial charge in [0.15, 0.2) is 0 Å². The molecule has 0 saturated heterocycles. The molecule has 6 heteroatoms. The minimum atomic E-state index is -3.55. The van der Waals surface area contributed by atoms with Gasteiger partial charge in [-0.05, 0) is 48.4 Å². The summed E-state index contributed by atoms with van der Waals surface area (Å²) in [4.78, 5) is 0.228. The summed E-state index contributed by atoms with van der Waals surface area (Å²) in [6, 6.07) is 18.0. The van der Waals surface area contributed by atoms with Crippen LogP contribution in [0, 0.1) is 5.82 Å². The number of rotatable bonds is 7. The monoisotopic (exact) mass is 359 g/mol. The highest BCUT2D eigenvalue weighted by molar-refractivity contribution is 7.89. The van der Waals surface area contributed by atoms with Crippen molar-refractivity contribution in [2.45, 2.75) is 17.2 Å². The Morgan fingerprint density at radius 3 is 2.32 bits per heavy atom. The van der Waals surface area contributed by atoms with Gasteiger partial charge in [0, 0.05) is 12.5 Å². The minimum Gasteiger partial charge on any atom is -0.469 e. The molecule has 0 spiro atoms. The highest BCUT2D eigenvalue weighted by Gasteiger charge is 2.19. The first-order valence-electron chi connectivity index (χ1n) is 7.90. The minimum absolute atomic E-state index is 0.158. The molecule has 1 aromatic heterocycles. The van der Waals surface area contributed by atoms with Crippen LogP contribution in [0.3, 0.4) is 0 Å². The van der Waals surface area contributed by atoms with E-state index in [1.807, 2.05) is 6.07 Å². The summed E-state index contributed by atoms with van der Waals surface area (Å²) in [5.41, 5.74) is 0.871. The van der Waals surface area contributed by atoms with Gasteiger partial charge in [0.05, 0.1) is 11.2 Å². The fourth-order valence-electron chi connectivity index (χ4n) is 2.68. The molecular formula is C19H18FNO3S. The van der Waals surface area contributed by atoms with Gasteiger partial charge < -0.3 is 4.42 Å². The van der Waals surface area contributed by atoms with Crippen molar-refractivity contribution in [3.05, 3.63) is 90.1 Å². The Hall–Kier alpha value is -2.44. The average Bonchev–Trinajstić information content (AvgIpc) is 3.15. The van der Waals surface area contributed by atoms with Crippen molar-refractivity contribution < 1.29 is 17.2 Å². The molecule has 1 heterocycles. The predicted octanol–water partition coefficient (Wildman–Crippen LogP) is 3.92. The normalized spacial score (nSPS) is 12.8. The summed E-state index contributed by atoms with van der Waals surface area (Å²) >= 11 is 0. The van der Waals surface area contributed by atoms with Crippen LogP contribution >= 0.6 is 0 Å². The predicted molar refractivity (Wildman–Crippen MR) is 93.2 cm³/mol. The van der Waals surface area contributed by atoms with E-state index in [0.717, 1.165) is 5.56 Å². The summed E-state index contributed by atoms with van der Waals surface area (Å²) in [5.74, 6) is 0.242. The molecule has 0 amide bonds. The number of hydrogen-bond acceptors (Lipinski definition) is 3. The van der Waals surface area contributed by atoms with Crippen molar-refractivity contribution in [2.24, 2.45) is 0 Å². The van der Waals surface area contributed by atoms with Gasteiger partial charge in [-0.3, -0.25) is 0 Å². The van der Waals surface area contributed by atoms with Gasteiger partial charge in [-0.1, -0.05) is 30.3 Å². The SMILES string of the molecule is O=S(=O)(NCC[C@H](c1ccc(F)cc1)c1ccco1)c1ccccc1. The van der Waals surface area contributed by atoms with Crippen LogP contribution in [0.5, 0.6) is 0 Å². The molecule has 0 radical (unpaired) electrons. The molecule has 0 aliphatic carbocycles. The van der Waals surface area contributed by atoms with Crippen molar-refractivity contribution in [1.29, 1.82) is 0 Å². The Kier molecular flexibility index (Phi) is 5.31. The quantitative estimate of drug-likeness (QED) is 0.696. The summed E-state index contributed by atoms with van der Waals surface area (Å²) in [7, 11) is -3.55. The van der Waals surface area contributed by atoms with Crippen molar-refractivity contribution in [2.75, 3.05) is 6.54 Å². The third-order valence-electron chi connectivity index (χ3n) is 3.94. The third-order valence-corrected chi connectivity index (χ3v) is 5.41. The van der Waals surface area contributed by atoms with Crippen molar-refractivity contribution in [3.8, 4) is 0 Å². The van der Waals surface area contributed by atoms with E-state index in [1.165, 1.54) is 12.1 Å². The smallest absolute Gasteiger partial charge is 0.240 e. The first-order valence-corrected chi connectivity index (χ1v) is 9.38. The summed E-state index contributed by atoms with van der Waals surface area (Å²) in [5, 5.41) is 0. The zero-order chi connectivity index (χ0) is 17.7. The lowest BCUT2D eigenvalue weighted by atomic mass is 9.93. The topological polar surface area (TPSA) is 59.3 Å². The Labute approximate surface area is 146 Å². The number of halogens is 1. The molecule has 0 fully saturated rings. The first kappa shape index (κ1) is 17.4. The third kappa shape index (κ3) is 4.35. The van der Waals surface area contributed by atoms with Crippen LogP contribution < -0.4 is 4.72 Å². The number of sulfonamides is 1. The van der Waals surface area contributed by atoms with Crippen molar-refractivity contribution in [3.63, 3.8) is 0 Å². The molecule has 0 aliphatic heterocycles. The van der Waals surface area contributed by atoms with Crippen LogP contribution in [0.1, 0.15) is 23.7 Å². The summed E-state index contributed by atoms with van der Waals surface area (Å²) < 4.78 is 45.8. The van der Waals surface area contributed by atoms with Crippen LogP contribution in [-0.2, 0) is 10.0 Å². The number of benzene rings is 2. The Morgan fingerprint density at radius 2 is 1.68 bits per heavy atom. The Balaban J connectivity index is 1.73. The van der Waals surface area contributed by atoms with Gasteiger partial charge in [0.1, 0.15) is 11.6 Å². The van der Waals surface area contributed by atoms with Gasteiger partial charge in [0.25, 0.3) is 0 Å². The Morgan fingerprint density at radius 1 is 0.960 bits per heavy atom. The van der Waals surface area contributed by atoms with Gasteiger partial charge >= 0.3 is 0 Å². The molecule has 0 aliphatic rings. The van der Waals surface area contributed by atoms with E-state index in [0.29, 0.717) is 12.2 Å². The number of furan rings is 1. The molecular weight excluding hydrogens is 341 g/mol. The zero-order valence-corrected chi connectivity index (χ0v) is 14.2. The largest absolute Gasteiger partial charge is 0.469 e. The highest BCUT2D eigenvalue weighted by Crippen LogP contribution is 2.28. The van der Waals surface area contributed by atoms with E-state index in [-0.39, 0.29) is 23.2 Å². The lowest BCUT2D eigenvalue weighted by Gasteiger charge is -2.16. The van der Waals surface area contributed by atoms with Crippen LogP contribution in [0.15, 0.2) is 82.3 Å². The molecule has 3 aromatic rings. The van der Waals surface area contributed by atoms with Gasteiger partial charge in [-0.25, -0.2) is 17.5 Å². The van der Waals surface area contributed by atoms with Gasteiger partial charge in [0.2, 0.25) is 10.0 Å². The van der Waals surface area contributed by atoms with Crippen molar-refractivity contribution in [1.82, 2.24) is 4.72 Å². The molecule has 0 unspecified atom stereocenters.